The molecule has 3 rings (SSSR count). The third-order valence-electron chi connectivity index (χ3n) is 5.29. The molecule has 6 nitrogen and oxygen atoms in total. The minimum absolute atomic E-state index is 0.284. The summed E-state index contributed by atoms with van der Waals surface area (Å²) in [5.74, 6) is 1.85. The van der Waals surface area contributed by atoms with E-state index in [-0.39, 0.29) is 5.91 Å². The number of piperazine rings is 1. The van der Waals surface area contributed by atoms with Crippen LogP contribution >= 0.6 is 0 Å². The highest BCUT2D eigenvalue weighted by molar-refractivity contribution is 5.76. The first-order chi connectivity index (χ1) is 12.1. The number of hydrogen-bond donors (Lipinski definition) is 0. The number of fused-ring (bicyclic) bond motifs is 1. The molecule has 138 valence electrons. The third-order valence-corrected chi connectivity index (χ3v) is 5.29. The molecule has 0 aliphatic carbocycles. The average molecular weight is 347 g/mol. The first-order valence-corrected chi connectivity index (χ1v) is 9.03. The van der Waals surface area contributed by atoms with Crippen LogP contribution in [0.25, 0.3) is 0 Å². The second kappa shape index (κ2) is 8.06. The minimum Gasteiger partial charge on any atom is -0.493 e. The van der Waals surface area contributed by atoms with Crippen molar-refractivity contribution in [2.75, 3.05) is 60.5 Å². The molecular weight excluding hydrogens is 318 g/mol. The van der Waals surface area contributed by atoms with Gasteiger partial charge < -0.3 is 19.3 Å². The zero-order chi connectivity index (χ0) is 17.8. The number of benzene rings is 1. The van der Waals surface area contributed by atoms with E-state index >= 15 is 0 Å². The van der Waals surface area contributed by atoms with Crippen molar-refractivity contribution >= 4 is 5.91 Å². The first-order valence-electron chi connectivity index (χ1n) is 9.03. The summed E-state index contributed by atoms with van der Waals surface area (Å²) in [7, 11) is 5.44. The van der Waals surface area contributed by atoms with E-state index in [2.05, 4.69) is 29.0 Å². The molecule has 0 unspecified atom stereocenters. The van der Waals surface area contributed by atoms with Crippen LogP contribution in [0.5, 0.6) is 11.5 Å². The van der Waals surface area contributed by atoms with Crippen molar-refractivity contribution in [1.82, 2.24) is 14.7 Å². The molecule has 0 radical (unpaired) electrons. The number of carbonyl (C=O) groups excluding carboxylic acids is 1. The summed E-state index contributed by atoms with van der Waals surface area (Å²) < 4.78 is 10.8. The summed E-state index contributed by atoms with van der Waals surface area (Å²) in [6.45, 7) is 6.34. The Balaban J connectivity index is 1.55. The van der Waals surface area contributed by atoms with Crippen LogP contribution < -0.4 is 9.47 Å². The maximum absolute atomic E-state index is 12.4. The zero-order valence-corrected chi connectivity index (χ0v) is 15.6. The summed E-state index contributed by atoms with van der Waals surface area (Å²) in [6, 6.07) is 4.16. The monoisotopic (exact) mass is 347 g/mol. The van der Waals surface area contributed by atoms with Gasteiger partial charge in [0.05, 0.1) is 14.2 Å². The Morgan fingerprint density at radius 1 is 1.00 bits per heavy atom. The molecule has 0 saturated carbocycles. The molecule has 0 aromatic heterocycles. The molecule has 25 heavy (non-hydrogen) atoms. The highest BCUT2D eigenvalue weighted by atomic mass is 16.5. The number of amides is 1. The molecule has 2 aliphatic heterocycles. The molecule has 6 heteroatoms. The van der Waals surface area contributed by atoms with E-state index in [1.807, 2.05) is 4.90 Å². The van der Waals surface area contributed by atoms with Gasteiger partial charge in [0, 0.05) is 52.2 Å². The Kier molecular flexibility index (Phi) is 5.81. The Hall–Kier alpha value is -1.79. The van der Waals surface area contributed by atoms with E-state index in [4.69, 9.17) is 9.47 Å². The van der Waals surface area contributed by atoms with Crippen LogP contribution in [0.3, 0.4) is 0 Å². The van der Waals surface area contributed by atoms with Gasteiger partial charge in [0.2, 0.25) is 5.91 Å². The molecule has 2 heterocycles. The van der Waals surface area contributed by atoms with Gasteiger partial charge in [0.1, 0.15) is 0 Å². The van der Waals surface area contributed by atoms with E-state index in [0.717, 1.165) is 63.7 Å². The fourth-order valence-electron chi connectivity index (χ4n) is 3.60. The minimum atomic E-state index is 0.284. The van der Waals surface area contributed by atoms with Crippen LogP contribution in [-0.4, -0.2) is 81.1 Å². The van der Waals surface area contributed by atoms with Crippen molar-refractivity contribution in [3.63, 3.8) is 0 Å². The molecule has 0 bridgehead atoms. The molecule has 0 atom stereocenters. The number of rotatable bonds is 5. The average Bonchev–Trinajstić information content (AvgIpc) is 2.65. The zero-order valence-electron chi connectivity index (χ0n) is 15.6. The van der Waals surface area contributed by atoms with E-state index in [1.54, 1.807) is 14.2 Å². The van der Waals surface area contributed by atoms with Crippen molar-refractivity contribution in [2.24, 2.45) is 0 Å². The quantitative estimate of drug-likeness (QED) is 0.802. The molecule has 0 spiro atoms. The second-order valence-corrected chi connectivity index (χ2v) is 6.94. The Morgan fingerprint density at radius 3 is 2.28 bits per heavy atom. The van der Waals surface area contributed by atoms with Gasteiger partial charge in [-0.15, -0.1) is 0 Å². The highest BCUT2D eigenvalue weighted by Crippen LogP contribution is 2.33. The van der Waals surface area contributed by atoms with Crippen LogP contribution in [-0.2, 0) is 17.8 Å². The maximum atomic E-state index is 12.4. The Bertz CT molecular complexity index is 612. The number of hydrogen-bond acceptors (Lipinski definition) is 5. The SMILES string of the molecule is COc1cc2c(cc1OC)CN(CCC(=O)N1CCN(C)CC1)CC2. The fraction of sp³-hybridized carbons (Fsp3) is 0.632. The van der Waals surface area contributed by atoms with Gasteiger partial charge in [-0.25, -0.2) is 0 Å². The number of methoxy groups -OCH3 is 2. The lowest BCUT2D eigenvalue weighted by Crippen LogP contribution is -2.47. The normalized spacial score (nSPS) is 18.8. The van der Waals surface area contributed by atoms with Gasteiger partial charge in [-0.2, -0.15) is 0 Å². The number of carbonyl (C=O) groups is 1. The van der Waals surface area contributed by atoms with Crippen LogP contribution in [0.15, 0.2) is 12.1 Å². The van der Waals surface area contributed by atoms with Crippen LogP contribution in [0, 0.1) is 0 Å². The molecule has 1 amide bonds. The van der Waals surface area contributed by atoms with Crippen LogP contribution in [0.1, 0.15) is 17.5 Å². The molecule has 1 aromatic carbocycles. The van der Waals surface area contributed by atoms with Crippen LogP contribution in [0.4, 0.5) is 0 Å². The smallest absolute Gasteiger partial charge is 0.223 e. The second-order valence-electron chi connectivity index (χ2n) is 6.94. The first kappa shape index (κ1) is 18.0. The summed E-state index contributed by atoms with van der Waals surface area (Å²) in [5, 5.41) is 0. The predicted molar refractivity (Wildman–Crippen MR) is 97.2 cm³/mol. The lowest BCUT2D eigenvalue weighted by atomic mass is 9.98. The summed E-state index contributed by atoms with van der Waals surface area (Å²) in [5.41, 5.74) is 2.59. The largest absolute Gasteiger partial charge is 0.493 e. The topological polar surface area (TPSA) is 45.3 Å². The van der Waals surface area contributed by atoms with E-state index in [9.17, 15) is 4.79 Å². The van der Waals surface area contributed by atoms with Gasteiger partial charge in [-0.1, -0.05) is 0 Å². The lowest BCUT2D eigenvalue weighted by molar-refractivity contribution is -0.133. The number of likely N-dealkylation sites (N-methyl/N-ethyl adjacent to an activating group) is 1. The lowest BCUT2D eigenvalue weighted by Gasteiger charge is -2.34. The van der Waals surface area contributed by atoms with Crippen molar-refractivity contribution in [1.29, 1.82) is 0 Å². The summed E-state index contributed by atoms with van der Waals surface area (Å²) >= 11 is 0. The third kappa shape index (κ3) is 4.25. The molecule has 2 aliphatic rings. The molecular formula is C19H29N3O3. The molecule has 1 saturated heterocycles. The van der Waals surface area contributed by atoms with E-state index in [1.165, 1.54) is 11.1 Å². The predicted octanol–water partition coefficient (Wildman–Crippen LogP) is 1.23. The highest BCUT2D eigenvalue weighted by Gasteiger charge is 2.22. The van der Waals surface area contributed by atoms with E-state index in [0.29, 0.717) is 6.42 Å². The Morgan fingerprint density at radius 2 is 1.64 bits per heavy atom. The van der Waals surface area contributed by atoms with E-state index < -0.39 is 0 Å². The van der Waals surface area contributed by atoms with Crippen molar-refractivity contribution in [3.8, 4) is 11.5 Å². The van der Waals surface area contributed by atoms with Gasteiger partial charge in [-0.3, -0.25) is 9.69 Å². The molecule has 1 fully saturated rings. The van der Waals surface area contributed by atoms with Gasteiger partial charge in [0.15, 0.2) is 11.5 Å². The summed E-state index contributed by atoms with van der Waals surface area (Å²) in [6.07, 6.45) is 1.59. The molecule has 1 aromatic rings. The van der Waals surface area contributed by atoms with Crippen molar-refractivity contribution in [3.05, 3.63) is 23.3 Å². The standard InChI is InChI=1S/C19H29N3O3/c1-20-8-10-22(11-9-20)19(23)5-7-21-6-4-15-12-17(24-2)18(25-3)13-16(15)14-21/h12-13H,4-11,14H2,1-3H3. The number of ether oxygens (including phenoxy) is 2. The Labute approximate surface area is 150 Å². The maximum Gasteiger partial charge on any atom is 0.223 e. The summed E-state index contributed by atoms with van der Waals surface area (Å²) in [4.78, 5) is 19.1. The number of nitrogens with zero attached hydrogens (tertiary/aromatic N) is 3. The van der Waals surface area contributed by atoms with Crippen molar-refractivity contribution in [2.45, 2.75) is 19.4 Å². The van der Waals surface area contributed by atoms with Gasteiger partial charge in [0.25, 0.3) is 0 Å². The van der Waals surface area contributed by atoms with Crippen LogP contribution in [0.2, 0.25) is 0 Å². The van der Waals surface area contributed by atoms with Gasteiger partial charge >= 0.3 is 0 Å². The molecule has 0 N–H and O–H groups in total. The van der Waals surface area contributed by atoms with Crippen molar-refractivity contribution < 1.29 is 14.3 Å². The fourth-order valence-corrected chi connectivity index (χ4v) is 3.60. The van der Waals surface area contributed by atoms with Gasteiger partial charge in [-0.05, 0) is 36.7 Å².